The monoisotopic (exact) mass is 293 g/mol. The van der Waals surface area contributed by atoms with Crippen LogP contribution in [0.5, 0.6) is 0 Å². The van der Waals surface area contributed by atoms with Crippen molar-refractivity contribution < 1.29 is 9.59 Å². The quantitative estimate of drug-likeness (QED) is 0.865. The maximum absolute atomic E-state index is 11.7. The molecule has 0 saturated carbocycles. The SMILES string of the molecule is O=Cc1sc(N2CC(=O)Nc3ccccc32)nc1Cl. The van der Waals surface area contributed by atoms with Crippen LogP contribution in [0.15, 0.2) is 24.3 Å². The normalized spacial score (nSPS) is 13.9. The number of amides is 1. The number of fused-ring (bicyclic) bond motifs is 1. The molecular weight excluding hydrogens is 286 g/mol. The summed E-state index contributed by atoms with van der Waals surface area (Å²) in [5, 5.41) is 3.49. The lowest BCUT2D eigenvalue weighted by Crippen LogP contribution is -2.34. The van der Waals surface area contributed by atoms with Crippen LogP contribution in [0, 0.1) is 0 Å². The molecule has 2 aromatic rings. The average molecular weight is 294 g/mol. The Hall–Kier alpha value is -1.92. The number of thiazole rings is 1. The van der Waals surface area contributed by atoms with Crippen molar-refractivity contribution in [1.82, 2.24) is 4.98 Å². The van der Waals surface area contributed by atoms with E-state index in [4.69, 9.17) is 11.6 Å². The van der Waals surface area contributed by atoms with Crippen molar-refractivity contribution in [2.24, 2.45) is 0 Å². The molecule has 0 atom stereocenters. The maximum atomic E-state index is 11.7. The van der Waals surface area contributed by atoms with E-state index >= 15 is 0 Å². The van der Waals surface area contributed by atoms with Gasteiger partial charge in [-0.1, -0.05) is 35.1 Å². The van der Waals surface area contributed by atoms with Gasteiger partial charge in [-0.2, -0.15) is 0 Å². The van der Waals surface area contributed by atoms with E-state index in [0.29, 0.717) is 16.3 Å². The Kier molecular flexibility index (Phi) is 2.96. The average Bonchev–Trinajstić information content (AvgIpc) is 2.79. The smallest absolute Gasteiger partial charge is 0.244 e. The van der Waals surface area contributed by atoms with Crippen LogP contribution < -0.4 is 10.2 Å². The fourth-order valence-electron chi connectivity index (χ4n) is 1.89. The first-order valence-electron chi connectivity index (χ1n) is 5.47. The van der Waals surface area contributed by atoms with Gasteiger partial charge in [0.15, 0.2) is 16.6 Å². The van der Waals surface area contributed by atoms with Gasteiger partial charge in [0, 0.05) is 0 Å². The largest absolute Gasteiger partial charge is 0.323 e. The zero-order valence-electron chi connectivity index (χ0n) is 9.59. The lowest BCUT2D eigenvalue weighted by Gasteiger charge is -2.28. The van der Waals surface area contributed by atoms with Crippen LogP contribution in [-0.2, 0) is 4.79 Å². The molecule has 0 unspecified atom stereocenters. The predicted octanol–water partition coefficient (Wildman–Crippen LogP) is 2.70. The van der Waals surface area contributed by atoms with Gasteiger partial charge in [0.2, 0.25) is 5.91 Å². The van der Waals surface area contributed by atoms with E-state index in [1.165, 1.54) is 11.3 Å². The van der Waals surface area contributed by atoms with E-state index in [9.17, 15) is 9.59 Å². The first-order chi connectivity index (χ1) is 9.19. The molecule has 1 aromatic carbocycles. The topological polar surface area (TPSA) is 62.3 Å². The first kappa shape index (κ1) is 12.1. The minimum Gasteiger partial charge on any atom is -0.323 e. The van der Waals surface area contributed by atoms with Gasteiger partial charge in [-0.25, -0.2) is 4.98 Å². The molecule has 1 amide bonds. The molecule has 0 fully saturated rings. The number of hydrogen-bond donors (Lipinski definition) is 1. The van der Waals surface area contributed by atoms with Crippen LogP contribution in [0.1, 0.15) is 9.67 Å². The Labute approximate surface area is 117 Å². The third-order valence-electron chi connectivity index (χ3n) is 2.71. The molecule has 0 spiro atoms. The van der Waals surface area contributed by atoms with Crippen LogP contribution in [0.2, 0.25) is 5.15 Å². The van der Waals surface area contributed by atoms with Gasteiger partial charge in [0.05, 0.1) is 11.4 Å². The summed E-state index contributed by atoms with van der Waals surface area (Å²) in [6.07, 6.45) is 0.666. The molecule has 1 aliphatic rings. The van der Waals surface area contributed by atoms with E-state index in [1.54, 1.807) is 4.90 Å². The van der Waals surface area contributed by atoms with Gasteiger partial charge in [0.1, 0.15) is 11.4 Å². The lowest BCUT2D eigenvalue weighted by molar-refractivity contribution is -0.115. The van der Waals surface area contributed by atoms with E-state index < -0.39 is 0 Å². The molecule has 2 heterocycles. The molecule has 0 radical (unpaired) electrons. The summed E-state index contributed by atoms with van der Waals surface area (Å²) in [7, 11) is 0. The van der Waals surface area contributed by atoms with Gasteiger partial charge < -0.3 is 10.2 Å². The zero-order chi connectivity index (χ0) is 13.4. The second-order valence-corrected chi connectivity index (χ2v) is 5.29. The molecule has 3 rings (SSSR count). The van der Waals surface area contributed by atoms with Crippen molar-refractivity contribution in [1.29, 1.82) is 0 Å². The highest BCUT2D eigenvalue weighted by atomic mass is 35.5. The standard InChI is InChI=1S/C12H8ClN3O2S/c13-11-9(6-17)19-12(15-11)16-5-10(18)14-7-3-1-2-4-8(7)16/h1-4,6H,5H2,(H,14,18). The van der Waals surface area contributed by atoms with Gasteiger partial charge in [-0.3, -0.25) is 9.59 Å². The van der Waals surface area contributed by atoms with Crippen LogP contribution in [0.25, 0.3) is 0 Å². The van der Waals surface area contributed by atoms with Crippen molar-refractivity contribution in [3.63, 3.8) is 0 Å². The summed E-state index contributed by atoms with van der Waals surface area (Å²) >= 11 is 7.04. The fourth-order valence-corrected chi connectivity index (χ4v) is 2.97. The molecule has 1 aliphatic heterocycles. The highest BCUT2D eigenvalue weighted by Crippen LogP contribution is 2.38. The number of aromatic nitrogens is 1. The summed E-state index contributed by atoms with van der Waals surface area (Å²) in [6.45, 7) is 0.152. The summed E-state index contributed by atoms with van der Waals surface area (Å²) in [6, 6.07) is 7.41. The number of nitrogens with one attached hydrogen (secondary N) is 1. The molecule has 96 valence electrons. The molecule has 0 aliphatic carbocycles. The van der Waals surface area contributed by atoms with E-state index in [0.717, 1.165) is 11.4 Å². The molecule has 19 heavy (non-hydrogen) atoms. The first-order valence-corrected chi connectivity index (χ1v) is 6.66. The highest BCUT2D eigenvalue weighted by Gasteiger charge is 2.25. The van der Waals surface area contributed by atoms with Gasteiger partial charge in [0.25, 0.3) is 0 Å². The Morgan fingerprint density at radius 3 is 2.95 bits per heavy atom. The van der Waals surface area contributed by atoms with E-state index in [2.05, 4.69) is 10.3 Å². The molecule has 1 aromatic heterocycles. The number of hydrogen-bond acceptors (Lipinski definition) is 5. The number of aldehydes is 1. The number of halogens is 1. The summed E-state index contributed by atoms with van der Waals surface area (Å²) in [5.74, 6) is -0.127. The molecule has 0 saturated heterocycles. The Morgan fingerprint density at radius 2 is 2.21 bits per heavy atom. The number of rotatable bonds is 2. The number of nitrogens with zero attached hydrogens (tertiary/aromatic N) is 2. The number of anilines is 3. The second kappa shape index (κ2) is 4.64. The number of para-hydroxylation sites is 2. The minimum atomic E-state index is -0.127. The van der Waals surface area contributed by atoms with E-state index in [-0.39, 0.29) is 17.6 Å². The fraction of sp³-hybridized carbons (Fsp3) is 0.0833. The van der Waals surface area contributed by atoms with Crippen molar-refractivity contribution in [2.75, 3.05) is 16.8 Å². The Morgan fingerprint density at radius 1 is 1.42 bits per heavy atom. The van der Waals surface area contributed by atoms with E-state index in [1.807, 2.05) is 24.3 Å². The van der Waals surface area contributed by atoms with Crippen LogP contribution in [-0.4, -0.2) is 23.7 Å². The van der Waals surface area contributed by atoms with Crippen LogP contribution >= 0.6 is 22.9 Å². The molecule has 5 nitrogen and oxygen atoms in total. The third kappa shape index (κ3) is 2.09. The van der Waals surface area contributed by atoms with Crippen molar-refractivity contribution in [3.8, 4) is 0 Å². The zero-order valence-corrected chi connectivity index (χ0v) is 11.2. The van der Waals surface area contributed by atoms with Gasteiger partial charge >= 0.3 is 0 Å². The number of carbonyl (C=O) groups excluding carboxylic acids is 2. The van der Waals surface area contributed by atoms with Gasteiger partial charge in [-0.15, -0.1) is 0 Å². The summed E-state index contributed by atoms with van der Waals surface area (Å²) in [5.41, 5.74) is 1.56. The minimum absolute atomic E-state index is 0.127. The van der Waals surface area contributed by atoms with Crippen LogP contribution in [0.3, 0.4) is 0 Å². The van der Waals surface area contributed by atoms with Crippen molar-refractivity contribution in [3.05, 3.63) is 34.3 Å². The summed E-state index contributed by atoms with van der Waals surface area (Å²) < 4.78 is 0. The van der Waals surface area contributed by atoms with Crippen LogP contribution in [0.4, 0.5) is 16.5 Å². The van der Waals surface area contributed by atoms with Gasteiger partial charge in [-0.05, 0) is 12.1 Å². The number of benzene rings is 1. The Bertz CT molecular complexity index is 671. The summed E-state index contributed by atoms with van der Waals surface area (Å²) in [4.78, 5) is 28.8. The second-order valence-electron chi connectivity index (χ2n) is 3.92. The molecular formula is C12H8ClN3O2S. The maximum Gasteiger partial charge on any atom is 0.244 e. The van der Waals surface area contributed by atoms with Crippen molar-refractivity contribution >= 4 is 51.6 Å². The highest BCUT2D eigenvalue weighted by molar-refractivity contribution is 7.17. The Balaban J connectivity index is 2.09. The molecule has 1 N–H and O–H groups in total. The number of carbonyl (C=O) groups is 2. The molecule has 0 bridgehead atoms. The van der Waals surface area contributed by atoms with Crippen molar-refractivity contribution in [2.45, 2.75) is 0 Å². The molecule has 7 heteroatoms. The predicted molar refractivity (Wildman–Crippen MR) is 74.6 cm³/mol. The lowest BCUT2D eigenvalue weighted by atomic mass is 10.2. The third-order valence-corrected chi connectivity index (χ3v) is 4.11.